The molecule has 1 aromatic rings. The predicted octanol–water partition coefficient (Wildman–Crippen LogP) is 1.88. The minimum atomic E-state index is -0.0825. The van der Waals surface area contributed by atoms with Crippen LogP contribution in [0.4, 0.5) is 5.95 Å². The van der Waals surface area contributed by atoms with Crippen LogP contribution >= 0.6 is 0 Å². The summed E-state index contributed by atoms with van der Waals surface area (Å²) in [4.78, 5) is 18.5. The Morgan fingerprint density at radius 3 is 2.59 bits per heavy atom. The van der Waals surface area contributed by atoms with E-state index in [4.69, 9.17) is 5.84 Å². The van der Waals surface area contributed by atoms with Gasteiger partial charge >= 0.3 is 0 Å². The number of aromatic nitrogens is 2. The second kappa shape index (κ2) is 7.06. The first-order valence-electron chi connectivity index (χ1n) is 6.25. The molecule has 0 atom stereocenters. The lowest BCUT2D eigenvalue weighted by Crippen LogP contribution is -2.21. The van der Waals surface area contributed by atoms with Crippen molar-refractivity contribution in [1.82, 2.24) is 9.97 Å². The number of rotatable bonds is 7. The van der Waals surface area contributed by atoms with E-state index in [1.54, 1.807) is 0 Å². The van der Waals surface area contributed by atoms with Crippen molar-refractivity contribution in [2.75, 3.05) is 5.43 Å². The summed E-state index contributed by atoms with van der Waals surface area (Å²) in [6, 6.07) is 0. The van der Waals surface area contributed by atoms with Crippen molar-refractivity contribution in [3.8, 4) is 0 Å². The van der Waals surface area contributed by atoms with Crippen molar-refractivity contribution in [2.24, 2.45) is 5.84 Å². The number of hydrogen-bond acceptors (Lipinski definition) is 4. The van der Waals surface area contributed by atoms with Gasteiger partial charge in [-0.1, -0.05) is 32.6 Å². The Morgan fingerprint density at radius 2 is 2.00 bits per heavy atom. The molecule has 17 heavy (non-hydrogen) atoms. The van der Waals surface area contributed by atoms with E-state index in [-0.39, 0.29) is 5.56 Å². The van der Waals surface area contributed by atoms with Crippen molar-refractivity contribution >= 4 is 5.95 Å². The minimum absolute atomic E-state index is 0.0825. The third kappa shape index (κ3) is 4.19. The van der Waals surface area contributed by atoms with Crippen LogP contribution in [0, 0.1) is 6.92 Å². The Labute approximate surface area is 102 Å². The molecule has 0 saturated carbocycles. The topological polar surface area (TPSA) is 83.8 Å². The summed E-state index contributed by atoms with van der Waals surface area (Å²) in [5.41, 5.74) is 3.81. The molecule has 5 heteroatoms. The summed E-state index contributed by atoms with van der Waals surface area (Å²) < 4.78 is 0. The molecule has 4 N–H and O–H groups in total. The van der Waals surface area contributed by atoms with Crippen molar-refractivity contribution in [2.45, 2.75) is 52.4 Å². The molecule has 0 aliphatic rings. The standard InChI is InChI=1S/C12H22N4O/c1-3-4-5-6-7-8-10-9(2)14-12(16-13)15-11(10)17/h3-8,13H2,1-2H3,(H2,14,15,16,17). The number of anilines is 1. The van der Waals surface area contributed by atoms with E-state index in [0.717, 1.165) is 24.1 Å². The molecule has 1 rings (SSSR count). The molecule has 1 aromatic heterocycles. The van der Waals surface area contributed by atoms with Crippen LogP contribution in [0.2, 0.25) is 0 Å². The summed E-state index contributed by atoms with van der Waals surface area (Å²) >= 11 is 0. The van der Waals surface area contributed by atoms with Crippen LogP contribution in [0.1, 0.15) is 50.3 Å². The van der Waals surface area contributed by atoms with Gasteiger partial charge in [0.25, 0.3) is 5.56 Å². The molecule has 0 bridgehead atoms. The molecule has 1 heterocycles. The molecule has 0 fully saturated rings. The van der Waals surface area contributed by atoms with Gasteiger partial charge in [0.15, 0.2) is 0 Å². The molecule has 0 spiro atoms. The summed E-state index contributed by atoms with van der Waals surface area (Å²) in [7, 11) is 0. The summed E-state index contributed by atoms with van der Waals surface area (Å²) in [5, 5.41) is 0. The van der Waals surface area contributed by atoms with Crippen LogP contribution in [-0.2, 0) is 6.42 Å². The van der Waals surface area contributed by atoms with Crippen LogP contribution in [0.3, 0.4) is 0 Å². The third-order valence-corrected chi connectivity index (χ3v) is 2.89. The molecule has 0 unspecified atom stereocenters. The number of aromatic amines is 1. The van der Waals surface area contributed by atoms with Gasteiger partial charge in [0.05, 0.1) is 0 Å². The van der Waals surface area contributed by atoms with Crippen molar-refractivity contribution in [3.05, 3.63) is 21.6 Å². The van der Waals surface area contributed by atoms with Crippen LogP contribution in [0.15, 0.2) is 4.79 Å². The Hall–Kier alpha value is -1.36. The van der Waals surface area contributed by atoms with Gasteiger partial charge in [-0.25, -0.2) is 10.8 Å². The second-order valence-electron chi connectivity index (χ2n) is 4.29. The zero-order valence-corrected chi connectivity index (χ0v) is 10.7. The Morgan fingerprint density at radius 1 is 1.29 bits per heavy atom. The first kappa shape index (κ1) is 13.7. The van der Waals surface area contributed by atoms with Crippen LogP contribution in [-0.4, -0.2) is 9.97 Å². The maximum absolute atomic E-state index is 11.7. The smallest absolute Gasteiger partial charge is 0.255 e. The molecular weight excluding hydrogens is 216 g/mol. The highest BCUT2D eigenvalue weighted by Gasteiger charge is 2.06. The summed E-state index contributed by atoms with van der Waals surface area (Å²) in [6.45, 7) is 4.04. The molecule has 0 radical (unpaired) electrons. The zero-order chi connectivity index (χ0) is 12.7. The number of unbranched alkanes of at least 4 members (excludes halogenated alkanes) is 4. The van der Waals surface area contributed by atoms with E-state index in [9.17, 15) is 4.79 Å². The quantitative estimate of drug-likeness (QED) is 0.385. The maximum atomic E-state index is 11.7. The molecule has 0 amide bonds. The lowest BCUT2D eigenvalue weighted by atomic mass is 10.1. The van der Waals surface area contributed by atoms with Gasteiger partial charge in [0.1, 0.15) is 0 Å². The lowest BCUT2D eigenvalue weighted by Gasteiger charge is -2.06. The molecule has 0 aliphatic carbocycles. The molecule has 0 saturated heterocycles. The second-order valence-corrected chi connectivity index (χ2v) is 4.29. The molecule has 0 aliphatic heterocycles. The molecule has 96 valence electrons. The Balaban J connectivity index is 2.56. The largest absolute Gasteiger partial charge is 0.294 e. The van der Waals surface area contributed by atoms with E-state index in [1.807, 2.05) is 6.92 Å². The monoisotopic (exact) mass is 238 g/mol. The van der Waals surface area contributed by atoms with E-state index >= 15 is 0 Å². The molecule has 0 aromatic carbocycles. The van der Waals surface area contributed by atoms with E-state index in [0.29, 0.717) is 5.95 Å². The van der Waals surface area contributed by atoms with Crippen molar-refractivity contribution < 1.29 is 0 Å². The molecular formula is C12H22N4O. The minimum Gasteiger partial charge on any atom is -0.294 e. The van der Waals surface area contributed by atoms with Gasteiger partial charge in [0.2, 0.25) is 5.95 Å². The normalized spacial score (nSPS) is 10.5. The predicted molar refractivity (Wildman–Crippen MR) is 69.9 cm³/mol. The first-order valence-corrected chi connectivity index (χ1v) is 6.25. The highest BCUT2D eigenvalue weighted by Crippen LogP contribution is 2.09. The number of nitrogens with zero attached hydrogens (tertiary/aromatic N) is 1. The number of hydrazine groups is 1. The maximum Gasteiger partial charge on any atom is 0.255 e. The fraction of sp³-hybridized carbons (Fsp3) is 0.667. The zero-order valence-electron chi connectivity index (χ0n) is 10.7. The van der Waals surface area contributed by atoms with E-state index in [1.165, 1.54) is 25.7 Å². The van der Waals surface area contributed by atoms with Gasteiger partial charge in [-0.15, -0.1) is 0 Å². The van der Waals surface area contributed by atoms with Gasteiger partial charge in [-0.2, -0.15) is 0 Å². The lowest BCUT2D eigenvalue weighted by molar-refractivity contribution is 0.628. The van der Waals surface area contributed by atoms with Gasteiger partial charge in [0, 0.05) is 11.3 Å². The summed E-state index contributed by atoms with van der Waals surface area (Å²) in [6.07, 6.45) is 6.75. The summed E-state index contributed by atoms with van der Waals surface area (Å²) in [5.74, 6) is 5.53. The van der Waals surface area contributed by atoms with Crippen LogP contribution in [0.25, 0.3) is 0 Å². The van der Waals surface area contributed by atoms with Gasteiger partial charge < -0.3 is 0 Å². The van der Waals surface area contributed by atoms with Crippen LogP contribution < -0.4 is 16.8 Å². The Kier molecular flexibility index (Phi) is 5.69. The number of nitrogens with two attached hydrogens (primary N) is 1. The third-order valence-electron chi connectivity index (χ3n) is 2.89. The number of nitrogen functional groups attached to an aromatic ring is 1. The number of H-pyrrole nitrogens is 1. The Bertz CT molecular complexity index is 400. The fourth-order valence-corrected chi connectivity index (χ4v) is 1.88. The highest BCUT2D eigenvalue weighted by molar-refractivity contribution is 5.27. The number of hydrogen-bond donors (Lipinski definition) is 3. The van der Waals surface area contributed by atoms with E-state index < -0.39 is 0 Å². The number of nitrogens with one attached hydrogen (secondary N) is 2. The van der Waals surface area contributed by atoms with Crippen molar-refractivity contribution in [3.63, 3.8) is 0 Å². The fourth-order valence-electron chi connectivity index (χ4n) is 1.88. The highest BCUT2D eigenvalue weighted by atomic mass is 16.1. The SMILES string of the molecule is CCCCCCCc1c(C)nc(NN)[nH]c1=O. The number of aryl methyl sites for hydroxylation is 1. The first-order chi connectivity index (χ1) is 8.19. The van der Waals surface area contributed by atoms with Crippen LogP contribution in [0.5, 0.6) is 0 Å². The van der Waals surface area contributed by atoms with Gasteiger partial charge in [-0.05, 0) is 19.8 Å². The average molecular weight is 238 g/mol. The van der Waals surface area contributed by atoms with Gasteiger partial charge in [-0.3, -0.25) is 15.2 Å². The average Bonchev–Trinajstić information content (AvgIpc) is 2.31. The van der Waals surface area contributed by atoms with Crippen molar-refractivity contribution in [1.29, 1.82) is 0 Å². The van der Waals surface area contributed by atoms with E-state index in [2.05, 4.69) is 22.3 Å². The molecule has 5 nitrogen and oxygen atoms in total.